The molecule has 2 aromatic heterocycles. The third-order valence-corrected chi connectivity index (χ3v) is 5.82. The van der Waals surface area contributed by atoms with Crippen LogP contribution in [0, 0.1) is 13.8 Å². The molecule has 2 N–H and O–H groups in total. The van der Waals surface area contributed by atoms with Crippen LogP contribution < -0.4 is 10.1 Å². The Morgan fingerprint density at radius 2 is 1.94 bits per heavy atom. The number of halogens is 2. The van der Waals surface area contributed by atoms with E-state index in [0.29, 0.717) is 23.0 Å². The maximum absolute atomic E-state index is 14.1. The predicted octanol–water partition coefficient (Wildman–Crippen LogP) is 5.91. The van der Waals surface area contributed by atoms with Crippen molar-refractivity contribution in [2.24, 2.45) is 0 Å². The fourth-order valence-corrected chi connectivity index (χ4v) is 3.89. The van der Waals surface area contributed by atoms with Gasteiger partial charge in [-0.2, -0.15) is 10.2 Å². The third kappa shape index (κ3) is 4.75. The van der Waals surface area contributed by atoms with E-state index in [1.165, 1.54) is 25.1 Å². The summed E-state index contributed by atoms with van der Waals surface area (Å²) in [4.78, 5) is 20.6. The molecule has 4 rings (SSSR count). The molecular weight excluding hydrogens is 452 g/mol. The topological polar surface area (TPSA) is 92.8 Å². The zero-order valence-electron chi connectivity index (χ0n) is 19.8. The highest BCUT2D eigenvalue weighted by Crippen LogP contribution is 2.37. The number of amides is 1. The summed E-state index contributed by atoms with van der Waals surface area (Å²) in [5.74, 6) is -2.34. The number of aromatic nitrogens is 4. The van der Waals surface area contributed by atoms with E-state index >= 15 is 0 Å². The molecule has 0 aliphatic carbocycles. The Labute approximate surface area is 201 Å². The Hall–Kier alpha value is -4.14. The number of carbonyl (C=O) groups is 1. The van der Waals surface area contributed by atoms with Crippen LogP contribution in [0.5, 0.6) is 5.75 Å². The van der Waals surface area contributed by atoms with Crippen molar-refractivity contribution in [3.05, 3.63) is 77.2 Å². The van der Waals surface area contributed by atoms with E-state index in [4.69, 9.17) is 4.74 Å². The normalized spacial score (nSPS) is 11.4. The standard InChI is InChI=1S/C26H25F2N5O2/c1-5-26(27,28)17-8-6-9-18(14-17)31-25(34)23-16(3)30-24(32-23)19-11-12-21(35-4)22(15(19)2)20-10-7-13-29-33-20/h6-14H,5H2,1-4H3,(H,30,32)(H,31,34). The average molecular weight is 478 g/mol. The minimum absolute atomic E-state index is 0.150. The van der Waals surface area contributed by atoms with Gasteiger partial charge in [0, 0.05) is 40.7 Å². The molecule has 9 heteroatoms. The predicted molar refractivity (Wildman–Crippen MR) is 130 cm³/mol. The number of hydrogen-bond donors (Lipinski definition) is 2. The maximum atomic E-state index is 14.1. The molecule has 2 heterocycles. The number of carbonyl (C=O) groups excluding carboxylic acids is 1. The van der Waals surface area contributed by atoms with E-state index in [1.54, 1.807) is 32.4 Å². The summed E-state index contributed by atoms with van der Waals surface area (Å²) in [6.07, 6.45) is 1.26. The summed E-state index contributed by atoms with van der Waals surface area (Å²) < 4.78 is 33.7. The van der Waals surface area contributed by atoms with Gasteiger partial charge in [0.2, 0.25) is 0 Å². The summed E-state index contributed by atoms with van der Waals surface area (Å²) in [5.41, 5.74) is 3.87. The zero-order valence-corrected chi connectivity index (χ0v) is 19.8. The molecule has 0 aliphatic rings. The molecule has 0 atom stereocenters. The number of alkyl halides is 2. The lowest BCUT2D eigenvalue weighted by molar-refractivity contribution is -0.00824. The Morgan fingerprint density at radius 3 is 2.63 bits per heavy atom. The van der Waals surface area contributed by atoms with Gasteiger partial charge >= 0.3 is 0 Å². The van der Waals surface area contributed by atoms with E-state index in [-0.39, 0.29) is 23.4 Å². The van der Waals surface area contributed by atoms with Crippen LogP contribution in [0.15, 0.2) is 54.7 Å². The number of methoxy groups -OCH3 is 1. The SMILES string of the molecule is CCC(F)(F)c1cccc(NC(=O)c2nc(-c3ccc(OC)c(-c4cccnn4)c3C)[nH]c2C)c1. The van der Waals surface area contributed by atoms with Crippen molar-refractivity contribution in [2.75, 3.05) is 12.4 Å². The lowest BCUT2D eigenvalue weighted by Gasteiger charge is -2.15. The third-order valence-electron chi connectivity index (χ3n) is 5.82. The van der Waals surface area contributed by atoms with Gasteiger partial charge in [-0.05, 0) is 55.8 Å². The van der Waals surface area contributed by atoms with E-state index < -0.39 is 11.8 Å². The van der Waals surface area contributed by atoms with Gasteiger partial charge in [0.05, 0.1) is 12.8 Å². The van der Waals surface area contributed by atoms with E-state index in [0.717, 1.165) is 16.7 Å². The van der Waals surface area contributed by atoms with Crippen LogP contribution in [0.4, 0.5) is 14.5 Å². The smallest absolute Gasteiger partial charge is 0.276 e. The summed E-state index contributed by atoms with van der Waals surface area (Å²) in [6, 6.07) is 13.0. The lowest BCUT2D eigenvalue weighted by atomic mass is 9.98. The number of rotatable bonds is 7. The number of H-pyrrole nitrogens is 1. The molecule has 0 unspecified atom stereocenters. The largest absolute Gasteiger partial charge is 0.496 e. The van der Waals surface area contributed by atoms with Crippen molar-refractivity contribution >= 4 is 11.6 Å². The van der Waals surface area contributed by atoms with E-state index in [9.17, 15) is 13.6 Å². The summed E-state index contributed by atoms with van der Waals surface area (Å²) >= 11 is 0. The van der Waals surface area contributed by atoms with Gasteiger partial charge in [-0.15, -0.1) is 0 Å². The Kier molecular flexibility index (Phi) is 6.59. The minimum atomic E-state index is -2.97. The number of ether oxygens (including phenoxy) is 1. The fourth-order valence-electron chi connectivity index (χ4n) is 3.89. The first-order valence-electron chi connectivity index (χ1n) is 11.1. The molecule has 2 aromatic carbocycles. The number of hydrogen-bond acceptors (Lipinski definition) is 5. The van der Waals surface area contributed by atoms with Gasteiger partial charge in [-0.1, -0.05) is 19.1 Å². The van der Waals surface area contributed by atoms with Gasteiger partial charge in [0.15, 0.2) is 0 Å². The monoisotopic (exact) mass is 477 g/mol. The Balaban J connectivity index is 1.67. The molecule has 1 amide bonds. The molecule has 0 fully saturated rings. The van der Waals surface area contributed by atoms with Crippen LogP contribution in [0.2, 0.25) is 0 Å². The quantitative estimate of drug-likeness (QED) is 0.345. The van der Waals surface area contributed by atoms with Gasteiger partial charge in [-0.3, -0.25) is 4.79 Å². The zero-order chi connectivity index (χ0) is 25.2. The number of imidazole rings is 1. The van der Waals surface area contributed by atoms with Crippen molar-refractivity contribution in [2.45, 2.75) is 33.1 Å². The number of aryl methyl sites for hydroxylation is 1. The highest BCUT2D eigenvalue weighted by molar-refractivity contribution is 6.04. The summed E-state index contributed by atoms with van der Waals surface area (Å²) in [5, 5.41) is 10.8. The van der Waals surface area contributed by atoms with Crippen LogP contribution in [0.3, 0.4) is 0 Å². The summed E-state index contributed by atoms with van der Waals surface area (Å²) in [6.45, 7) is 5.06. The number of anilines is 1. The molecule has 0 saturated carbocycles. The first kappa shape index (κ1) is 24.0. The van der Waals surface area contributed by atoms with E-state index in [1.807, 2.05) is 25.1 Å². The molecule has 0 aliphatic heterocycles. The number of aromatic amines is 1. The molecule has 0 spiro atoms. The number of nitrogens with zero attached hydrogens (tertiary/aromatic N) is 3. The van der Waals surface area contributed by atoms with Crippen LogP contribution in [0.25, 0.3) is 22.6 Å². The van der Waals surface area contributed by atoms with Crippen molar-refractivity contribution in [1.82, 2.24) is 20.2 Å². The van der Waals surface area contributed by atoms with Crippen LogP contribution in [-0.2, 0) is 5.92 Å². The molecule has 7 nitrogen and oxygen atoms in total. The lowest BCUT2D eigenvalue weighted by Crippen LogP contribution is -2.16. The van der Waals surface area contributed by atoms with Crippen LogP contribution in [-0.4, -0.2) is 33.2 Å². The average Bonchev–Trinajstić information content (AvgIpc) is 3.25. The second-order valence-corrected chi connectivity index (χ2v) is 8.08. The second kappa shape index (κ2) is 9.61. The van der Waals surface area contributed by atoms with Crippen molar-refractivity contribution in [3.63, 3.8) is 0 Å². The number of benzene rings is 2. The van der Waals surface area contributed by atoms with Gasteiger partial charge in [-0.25, -0.2) is 13.8 Å². The van der Waals surface area contributed by atoms with Crippen LogP contribution >= 0.6 is 0 Å². The Bertz CT molecular complexity index is 1370. The van der Waals surface area contributed by atoms with Gasteiger partial charge in [0.1, 0.15) is 17.3 Å². The highest BCUT2D eigenvalue weighted by atomic mass is 19.3. The molecule has 35 heavy (non-hydrogen) atoms. The molecule has 0 bridgehead atoms. The first-order chi connectivity index (χ1) is 16.7. The molecule has 0 saturated heterocycles. The molecule has 180 valence electrons. The number of nitrogens with one attached hydrogen (secondary N) is 2. The molecule has 4 aromatic rings. The van der Waals surface area contributed by atoms with Crippen LogP contribution in [0.1, 0.15) is 40.7 Å². The van der Waals surface area contributed by atoms with Gasteiger partial charge < -0.3 is 15.0 Å². The Morgan fingerprint density at radius 1 is 1.14 bits per heavy atom. The van der Waals surface area contributed by atoms with Crippen molar-refractivity contribution < 1.29 is 18.3 Å². The molecular formula is C26H25F2N5O2. The highest BCUT2D eigenvalue weighted by Gasteiger charge is 2.29. The minimum Gasteiger partial charge on any atom is -0.496 e. The first-order valence-corrected chi connectivity index (χ1v) is 11.1. The second-order valence-electron chi connectivity index (χ2n) is 8.08. The van der Waals surface area contributed by atoms with Gasteiger partial charge in [0.25, 0.3) is 11.8 Å². The maximum Gasteiger partial charge on any atom is 0.276 e. The van der Waals surface area contributed by atoms with Crippen molar-refractivity contribution in [3.8, 4) is 28.4 Å². The van der Waals surface area contributed by atoms with Crippen molar-refractivity contribution in [1.29, 1.82) is 0 Å². The fraction of sp³-hybridized carbons (Fsp3) is 0.231. The van der Waals surface area contributed by atoms with E-state index in [2.05, 4.69) is 25.5 Å². The molecule has 0 radical (unpaired) electrons. The summed E-state index contributed by atoms with van der Waals surface area (Å²) in [7, 11) is 1.58.